The third kappa shape index (κ3) is 2.24. The molecule has 2 rings (SSSR count). The van der Waals surface area contributed by atoms with E-state index in [9.17, 15) is 0 Å². The van der Waals surface area contributed by atoms with E-state index in [4.69, 9.17) is 17.3 Å². The Kier molecular flexibility index (Phi) is 3.85. The third-order valence-electron chi connectivity index (χ3n) is 3.55. The molecule has 1 aromatic rings. The molecule has 2 nitrogen and oxygen atoms in total. The molecule has 0 aliphatic carbocycles. The van der Waals surface area contributed by atoms with Gasteiger partial charge in [0.25, 0.3) is 0 Å². The summed E-state index contributed by atoms with van der Waals surface area (Å²) < 4.78 is 0. The van der Waals surface area contributed by atoms with E-state index in [0.29, 0.717) is 12.1 Å². The van der Waals surface area contributed by atoms with Gasteiger partial charge in [0.2, 0.25) is 0 Å². The van der Waals surface area contributed by atoms with E-state index < -0.39 is 0 Å². The van der Waals surface area contributed by atoms with Gasteiger partial charge in [-0.15, -0.1) is 0 Å². The topological polar surface area (TPSA) is 29.3 Å². The van der Waals surface area contributed by atoms with Crippen LogP contribution in [0.3, 0.4) is 0 Å². The van der Waals surface area contributed by atoms with Gasteiger partial charge in [0, 0.05) is 23.7 Å². The lowest BCUT2D eigenvalue weighted by Gasteiger charge is -2.30. The Bertz CT molecular complexity index is 354. The predicted molar refractivity (Wildman–Crippen MR) is 68.6 cm³/mol. The molecule has 0 aromatic heterocycles. The number of hydrogen-bond donors (Lipinski definition) is 1. The van der Waals surface area contributed by atoms with Gasteiger partial charge < -0.3 is 5.73 Å². The minimum absolute atomic E-state index is 0.366. The lowest BCUT2D eigenvalue weighted by atomic mass is 10.1. The Morgan fingerprint density at radius 3 is 2.94 bits per heavy atom. The molecule has 2 unspecified atom stereocenters. The molecule has 2 N–H and O–H groups in total. The fraction of sp³-hybridized carbons (Fsp3) is 0.538. The van der Waals surface area contributed by atoms with Gasteiger partial charge in [-0.05, 0) is 37.9 Å². The molecule has 0 amide bonds. The molecule has 0 saturated carbocycles. The maximum atomic E-state index is 6.23. The summed E-state index contributed by atoms with van der Waals surface area (Å²) in [7, 11) is 0. The fourth-order valence-corrected chi connectivity index (χ4v) is 2.91. The van der Waals surface area contributed by atoms with Gasteiger partial charge in [-0.3, -0.25) is 4.90 Å². The quantitative estimate of drug-likeness (QED) is 0.878. The van der Waals surface area contributed by atoms with Crippen LogP contribution in [0.15, 0.2) is 24.3 Å². The summed E-state index contributed by atoms with van der Waals surface area (Å²) >= 11 is 6.23. The first-order chi connectivity index (χ1) is 7.74. The van der Waals surface area contributed by atoms with Crippen molar-refractivity contribution in [1.29, 1.82) is 0 Å². The average molecular weight is 239 g/mol. The van der Waals surface area contributed by atoms with Crippen LogP contribution in [0.25, 0.3) is 0 Å². The first-order valence-corrected chi connectivity index (χ1v) is 6.32. The zero-order valence-electron chi connectivity index (χ0n) is 9.70. The highest BCUT2D eigenvalue weighted by atomic mass is 35.5. The summed E-state index contributed by atoms with van der Waals surface area (Å²) in [5.41, 5.74) is 7.02. The van der Waals surface area contributed by atoms with Gasteiger partial charge in [0.05, 0.1) is 0 Å². The monoisotopic (exact) mass is 238 g/mol. The van der Waals surface area contributed by atoms with Crippen LogP contribution in [0.5, 0.6) is 0 Å². The van der Waals surface area contributed by atoms with Gasteiger partial charge in [-0.25, -0.2) is 0 Å². The van der Waals surface area contributed by atoms with E-state index in [1.165, 1.54) is 18.4 Å². The number of nitrogens with two attached hydrogens (primary N) is 1. The Morgan fingerprint density at radius 2 is 2.25 bits per heavy atom. The van der Waals surface area contributed by atoms with Gasteiger partial charge in [0.15, 0.2) is 0 Å². The third-order valence-corrected chi connectivity index (χ3v) is 3.89. The van der Waals surface area contributed by atoms with E-state index in [-0.39, 0.29) is 0 Å². The van der Waals surface area contributed by atoms with Gasteiger partial charge >= 0.3 is 0 Å². The zero-order valence-corrected chi connectivity index (χ0v) is 10.5. The molecular weight excluding hydrogens is 220 g/mol. The standard InChI is InChI=1S/C13H19ClN2/c1-10(12-6-2-3-7-13(12)14)16-8-4-5-11(16)9-15/h2-3,6-7,10-11H,4-5,8-9,15H2,1H3. The number of benzene rings is 1. The van der Waals surface area contributed by atoms with Crippen LogP contribution < -0.4 is 5.73 Å². The molecule has 2 atom stereocenters. The van der Waals surface area contributed by atoms with E-state index in [1.54, 1.807) is 0 Å². The van der Waals surface area contributed by atoms with E-state index in [1.807, 2.05) is 18.2 Å². The van der Waals surface area contributed by atoms with Crippen molar-refractivity contribution in [2.24, 2.45) is 5.73 Å². The lowest BCUT2D eigenvalue weighted by molar-refractivity contribution is 0.197. The van der Waals surface area contributed by atoms with Crippen LogP contribution >= 0.6 is 11.6 Å². The average Bonchev–Trinajstić information content (AvgIpc) is 2.77. The second-order valence-electron chi connectivity index (χ2n) is 4.47. The van der Waals surface area contributed by atoms with E-state index in [0.717, 1.165) is 18.1 Å². The van der Waals surface area contributed by atoms with Crippen molar-refractivity contribution >= 4 is 11.6 Å². The van der Waals surface area contributed by atoms with Crippen molar-refractivity contribution in [1.82, 2.24) is 4.90 Å². The highest BCUT2D eigenvalue weighted by molar-refractivity contribution is 6.31. The van der Waals surface area contributed by atoms with Crippen molar-refractivity contribution in [2.45, 2.75) is 31.8 Å². The van der Waals surface area contributed by atoms with Crippen molar-refractivity contribution in [3.8, 4) is 0 Å². The first kappa shape index (κ1) is 11.9. The normalized spacial score (nSPS) is 23.6. The van der Waals surface area contributed by atoms with Gasteiger partial charge in [-0.2, -0.15) is 0 Å². The van der Waals surface area contributed by atoms with Crippen LogP contribution in [0.4, 0.5) is 0 Å². The Labute approximate surface area is 102 Å². The molecule has 16 heavy (non-hydrogen) atoms. The number of nitrogens with zero attached hydrogens (tertiary/aromatic N) is 1. The van der Waals surface area contributed by atoms with Crippen molar-refractivity contribution < 1.29 is 0 Å². The molecule has 88 valence electrons. The highest BCUT2D eigenvalue weighted by Gasteiger charge is 2.28. The molecule has 1 aliphatic rings. The Balaban J connectivity index is 2.18. The molecule has 0 radical (unpaired) electrons. The SMILES string of the molecule is CC(c1ccccc1Cl)N1CCCC1CN. The summed E-state index contributed by atoms with van der Waals surface area (Å²) in [6, 6.07) is 8.98. The van der Waals surface area contributed by atoms with Crippen molar-refractivity contribution in [3.05, 3.63) is 34.9 Å². The molecule has 1 heterocycles. The molecule has 3 heteroatoms. The number of rotatable bonds is 3. The van der Waals surface area contributed by atoms with Crippen LogP contribution in [0.2, 0.25) is 5.02 Å². The second-order valence-corrected chi connectivity index (χ2v) is 4.87. The van der Waals surface area contributed by atoms with Crippen LogP contribution in [-0.4, -0.2) is 24.0 Å². The van der Waals surface area contributed by atoms with E-state index in [2.05, 4.69) is 17.9 Å². The molecule has 0 spiro atoms. The summed E-state index contributed by atoms with van der Waals surface area (Å²) in [6.45, 7) is 4.10. The Hall–Kier alpha value is -0.570. The summed E-state index contributed by atoms with van der Waals surface area (Å²) in [5.74, 6) is 0. The number of likely N-dealkylation sites (tertiary alicyclic amines) is 1. The van der Waals surface area contributed by atoms with Gasteiger partial charge in [0.1, 0.15) is 0 Å². The number of halogens is 1. The molecule has 1 fully saturated rings. The van der Waals surface area contributed by atoms with E-state index >= 15 is 0 Å². The largest absolute Gasteiger partial charge is 0.329 e. The van der Waals surface area contributed by atoms with Gasteiger partial charge in [-0.1, -0.05) is 29.8 Å². The van der Waals surface area contributed by atoms with Crippen LogP contribution in [0, 0.1) is 0 Å². The zero-order chi connectivity index (χ0) is 11.5. The second kappa shape index (κ2) is 5.17. The number of hydrogen-bond acceptors (Lipinski definition) is 2. The first-order valence-electron chi connectivity index (χ1n) is 5.94. The summed E-state index contributed by atoms with van der Waals surface area (Å²) in [5, 5.41) is 0.859. The minimum Gasteiger partial charge on any atom is -0.329 e. The van der Waals surface area contributed by atoms with Crippen molar-refractivity contribution in [2.75, 3.05) is 13.1 Å². The maximum Gasteiger partial charge on any atom is 0.0453 e. The molecule has 1 saturated heterocycles. The smallest absolute Gasteiger partial charge is 0.0453 e. The fourth-order valence-electron chi connectivity index (χ4n) is 2.61. The molecule has 1 aliphatic heterocycles. The lowest BCUT2D eigenvalue weighted by Crippen LogP contribution is -2.37. The summed E-state index contributed by atoms with van der Waals surface area (Å²) in [4.78, 5) is 2.47. The van der Waals surface area contributed by atoms with Crippen molar-refractivity contribution in [3.63, 3.8) is 0 Å². The Morgan fingerprint density at radius 1 is 1.50 bits per heavy atom. The highest BCUT2D eigenvalue weighted by Crippen LogP contribution is 2.32. The maximum absolute atomic E-state index is 6.23. The molecular formula is C13H19ClN2. The minimum atomic E-state index is 0.366. The molecule has 0 bridgehead atoms. The van der Waals surface area contributed by atoms with Crippen LogP contribution in [-0.2, 0) is 0 Å². The molecule has 1 aromatic carbocycles. The predicted octanol–water partition coefficient (Wildman–Crippen LogP) is 2.82. The van der Waals surface area contributed by atoms with Crippen LogP contribution in [0.1, 0.15) is 31.4 Å². The summed E-state index contributed by atoms with van der Waals surface area (Å²) in [6.07, 6.45) is 2.46.